The first-order chi connectivity index (χ1) is 23.3. The number of aryl methyl sites for hydroxylation is 4. The van der Waals surface area contributed by atoms with E-state index in [1.807, 2.05) is 98.2 Å². The van der Waals surface area contributed by atoms with Crippen LogP contribution in [-0.2, 0) is 40.0 Å². The van der Waals surface area contributed by atoms with Gasteiger partial charge in [0.1, 0.15) is 0 Å². The number of methoxy groups -OCH3 is 2. The summed E-state index contributed by atoms with van der Waals surface area (Å²) in [4.78, 5) is 9.67. The zero-order valence-electron chi connectivity index (χ0n) is 27.4. The van der Waals surface area contributed by atoms with Crippen LogP contribution in [0.5, 0.6) is 11.8 Å². The number of pyridine rings is 2. The minimum absolute atomic E-state index is 0.535. The van der Waals surface area contributed by atoms with Crippen molar-refractivity contribution in [2.24, 2.45) is 14.1 Å². The molecule has 0 aliphatic heterocycles. The van der Waals surface area contributed by atoms with Gasteiger partial charge >= 0.3 is 0 Å². The second-order valence-corrected chi connectivity index (χ2v) is 12.3. The van der Waals surface area contributed by atoms with E-state index in [0.29, 0.717) is 40.6 Å². The lowest BCUT2D eigenvalue weighted by atomic mass is 9.98. The summed E-state index contributed by atoms with van der Waals surface area (Å²) in [6.45, 7) is 1.28. The van der Waals surface area contributed by atoms with Gasteiger partial charge < -0.3 is 14.8 Å². The third kappa shape index (κ3) is 7.39. The van der Waals surface area contributed by atoms with Crippen LogP contribution in [-0.4, -0.2) is 43.7 Å². The number of aromatic nitrogens is 6. The largest absolute Gasteiger partial charge is 0.481 e. The third-order valence-electron chi connectivity index (χ3n) is 8.18. The van der Waals surface area contributed by atoms with Crippen molar-refractivity contribution in [2.45, 2.75) is 32.4 Å². The second-order valence-electron chi connectivity index (χ2n) is 11.6. The van der Waals surface area contributed by atoms with Gasteiger partial charge in [0.15, 0.2) is 0 Å². The zero-order valence-corrected chi connectivity index (χ0v) is 28.9. The summed E-state index contributed by atoms with van der Waals surface area (Å²) in [6.07, 6.45) is 10.5. The van der Waals surface area contributed by atoms with Crippen LogP contribution in [0.4, 0.5) is 0 Å². The van der Waals surface area contributed by atoms with Gasteiger partial charge in [-0.15, -0.1) is 0 Å². The highest BCUT2D eigenvalue weighted by Gasteiger charge is 2.18. The van der Waals surface area contributed by atoms with Crippen molar-refractivity contribution in [2.75, 3.05) is 14.2 Å². The Labute approximate surface area is 290 Å². The van der Waals surface area contributed by atoms with E-state index in [1.54, 1.807) is 18.9 Å². The van der Waals surface area contributed by atoms with Gasteiger partial charge in [-0.3, -0.25) is 9.36 Å². The van der Waals surface area contributed by atoms with Crippen LogP contribution in [0.25, 0.3) is 33.6 Å². The van der Waals surface area contributed by atoms with Crippen molar-refractivity contribution in [3.05, 3.63) is 118 Å². The van der Waals surface area contributed by atoms with Gasteiger partial charge in [-0.2, -0.15) is 10.2 Å². The molecule has 1 N–H and O–H groups in total. The molecule has 4 heterocycles. The molecule has 48 heavy (non-hydrogen) atoms. The monoisotopic (exact) mass is 681 g/mol. The molecule has 0 amide bonds. The van der Waals surface area contributed by atoms with E-state index >= 15 is 0 Å². The number of nitrogens with one attached hydrogen (secondary N) is 1. The molecule has 0 unspecified atom stereocenters. The summed E-state index contributed by atoms with van der Waals surface area (Å²) in [6, 6.07) is 19.8. The first kappa shape index (κ1) is 33.2. The zero-order chi connectivity index (χ0) is 33.6. The fraction of sp³-hybridized carbons (Fsp3) is 0.243. The molecule has 4 aromatic heterocycles. The molecule has 0 fully saturated rings. The van der Waals surface area contributed by atoms with Crippen molar-refractivity contribution in [3.63, 3.8) is 0 Å². The second kappa shape index (κ2) is 15.0. The van der Waals surface area contributed by atoms with Crippen LogP contribution in [0, 0.1) is 0 Å². The lowest BCUT2D eigenvalue weighted by Crippen LogP contribution is -2.13. The number of hydrogen-bond donors (Lipinski definition) is 1. The number of rotatable bonds is 13. The summed E-state index contributed by atoms with van der Waals surface area (Å²) in [5.74, 6) is 1.13. The van der Waals surface area contributed by atoms with Gasteiger partial charge in [0.05, 0.1) is 48.0 Å². The fourth-order valence-electron chi connectivity index (χ4n) is 5.78. The first-order valence-corrected chi connectivity index (χ1v) is 16.4. The number of benzene rings is 2. The van der Waals surface area contributed by atoms with Crippen molar-refractivity contribution in [3.8, 4) is 45.4 Å². The lowest BCUT2D eigenvalue weighted by Gasteiger charge is -2.15. The third-order valence-corrected chi connectivity index (χ3v) is 8.99. The van der Waals surface area contributed by atoms with E-state index in [-0.39, 0.29) is 0 Å². The van der Waals surface area contributed by atoms with Gasteiger partial charge in [-0.25, -0.2) is 9.97 Å². The van der Waals surface area contributed by atoms with Gasteiger partial charge in [0.2, 0.25) is 11.8 Å². The summed E-state index contributed by atoms with van der Waals surface area (Å²) in [5, 5.41) is 13.0. The molecule has 2 aromatic carbocycles. The Kier molecular flexibility index (Phi) is 10.4. The average molecular weight is 683 g/mol. The molecular formula is C37H37Cl2N7O2. The van der Waals surface area contributed by atoms with Crippen molar-refractivity contribution in [1.82, 2.24) is 34.8 Å². The minimum atomic E-state index is 0.535. The van der Waals surface area contributed by atoms with Gasteiger partial charge in [0.25, 0.3) is 0 Å². The van der Waals surface area contributed by atoms with Gasteiger partial charge in [-0.1, -0.05) is 71.7 Å². The van der Waals surface area contributed by atoms with Crippen LogP contribution in [0.15, 0.2) is 85.5 Å². The molecule has 11 heteroatoms. The smallest absolute Gasteiger partial charge is 0.218 e. The van der Waals surface area contributed by atoms with Crippen molar-refractivity contribution in [1.29, 1.82) is 0 Å². The lowest BCUT2D eigenvalue weighted by molar-refractivity contribution is 0.391. The number of nitrogens with zero attached hydrogens (tertiary/aromatic N) is 6. The maximum absolute atomic E-state index is 7.10. The summed E-state index contributed by atoms with van der Waals surface area (Å²) in [7, 11) is 7.10. The molecule has 9 nitrogen and oxygen atoms in total. The van der Waals surface area contributed by atoms with Crippen LogP contribution < -0.4 is 14.8 Å². The predicted molar refractivity (Wildman–Crippen MR) is 190 cm³/mol. The molecule has 0 radical (unpaired) electrons. The molecule has 0 bridgehead atoms. The quantitative estimate of drug-likeness (QED) is 0.133. The maximum atomic E-state index is 7.10. The Morgan fingerprint density at radius 2 is 1.15 bits per heavy atom. The van der Waals surface area contributed by atoms with E-state index in [2.05, 4.69) is 21.6 Å². The topological polar surface area (TPSA) is 91.9 Å². The fourth-order valence-corrected chi connectivity index (χ4v) is 6.43. The number of halogens is 2. The summed E-state index contributed by atoms with van der Waals surface area (Å²) >= 11 is 14.2. The molecule has 246 valence electrons. The molecular weight excluding hydrogens is 645 g/mol. The highest BCUT2D eigenvalue weighted by atomic mass is 35.5. The Hall–Kier alpha value is -4.70. The molecule has 6 rings (SSSR count). The highest BCUT2D eigenvalue weighted by Crippen LogP contribution is 2.42. The molecule has 6 aromatic rings. The first-order valence-electron chi connectivity index (χ1n) is 15.7. The van der Waals surface area contributed by atoms with Crippen LogP contribution in [0.2, 0.25) is 10.0 Å². The van der Waals surface area contributed by atoms with E-state index in [0.717, 1.165) is 63.9 Å². The standard InChI is InChI=1S/C37H37Cl2N7O2/c1-45-22-24(19-41-45)8-5-9-26-14-16-32(43-36(26)47-3)30-12-6-10-28(34(30)38)29-11-7-13-31(35(29)39)33-17-15-27(37(44-33)48-4)21-40-18-25-20-42-46(2)23-25/h6-7,10-17,19-20,22-23,40H,5,8-9,18,21H2,1-4H3. The number of hydrogen-bond acceptors (Lipinski definition) is 7. The minimum Gasteiger partial charge on any atom is -0.481 e. The normalized spacial score (nSPS) is 11.2. The van der Waals surface area contributed by atoms with Crippen molar-refractivity contribution < 1.29 is 9.47 Å². The van der Waals surface area contributed by atoms with Crippen LogP contribution in [0.1, 0.15) is 28.7 Å². The predicted octanol–water partition coefficient (Wildman–Crippen LogP) is 7.73. The Morgan fingerprint density at radius 1 is 0.625 bits per heavy atom. The Morgan fingerprint density at radius 3 is 1.69 bits per heavy atom. The van der Waals surface area contributed by atoms with Gasteiger partial charge in [-0.05, 0) is 37.0 Å². The van der Waals surface area contributed by atoms with E-state index in [1.165, 1.54) is 5.56 Å². The van der Waals surface area contributed by atoms with Crippen LogP contribution >= 0.6 is 23.2 Å². The van der Waals surface area contributed by atoms with E-state index in [9.17, 15) is 0 Å². The van der Waals surface area contributed by atoms with E-state index < -0.39 is 0 Å². The molecule has 0 aliphatic rings. The molecule has 0 aliphatic carbocycles. The summed E-state index contributed by atoms with van der Waals surface area (Å²) in [5.41, 5.74) is 8.89. The molecule has 0 saturated heterocycles. The molecule has 0 saturated carbocycles. The Balaban J connectivity index is 1.22. The van der Waals surface area contributed by atoms with Crippen molar-refractivity contribution >= 4 is 23.2 Å². The number of ether oxygens (including phenoxy) is 2. The maximum Gasteiger partial charge on any atom is 0.218 e. The van der Waals surface area contributed by atoms with Crippen LogP contribution in [0.3, 0.4) is 0 Å². The van der Waals surface area contributed by atoms with E-state index in [4.69, 9.17) is 42.6 Å². The SMILES string of the molecule is COc1nc(-c2cccc(-c3cccc(-c4ccc(CNCc5cnn(C)c5)c(OC)n4)c3Cl)c2Cl)ccc1CCCc1cnn(C)c1. The Bertz CT molecular complexity index is 1890. The molecule has 0 atom stereocenters. The van der Waals surface area contributed by atoms with Gasteiger partial charge in [0, 0.05) is 78.5 Å². The molecule has 0 spiro atoms. The summed E-state index contributed by atoms with van der Waals surface area (Å²) < 4.78 is 15.0. The highest BCUT2D eigenvalue weighted by molar-refractivity contribution is 6.39. The average Bonchev–Trinajstić information content (AvgIpc) is 3.72.